The molecule has 9 heteroatoms. The Hall–Kier alpha value is -1.84. The molecule has 1 N–H and O–H groups in total. The van der Waals surface area contributed by atoms with Crippen molar-refractivity contribution in [1.82, 2.24) is 24.4 Å². The van der Waals surface area contributed by atoms with E-state index in [0.717, 1.165) is 36.3 Å². The minimum atomic E-state index is -0.0419. The molecule has 1 fully saturated rings. The number of fused-ring (bicyclic) bond motifs is 1. The smallest absolute Gasteiger partial charge is 0.280 e. The molecule has 0 bridgehead atoms. The minimum absolute atomic E-state index is 0.0419. The number of anilines is 1. The Morgan fingerprint density at radius 2 is 2.12 bits per heavy atom. The third kappa shape index (κ3) is 2.96. The van der Waals surface area contributed by atoms with Crippen molar-refractivity contribution in [2.24, 2.45) is 7.05 Å². The topological polar surface area (TPSA) is 68.0 Å². The van der Waals surface area contributed by atoms with Crippen molar-refractivity contribution in [3.8, 4) is 0 Å². The minimum Gasteiger partial charge on any atom is -0.340 e. The summed E-state index contributed by atoms with van der Waals surface area (Å²) in [5.74, 6) is 0.849. The largest absolute Gasteiger partial charge is 0.340 e. The van der Waals surface area contributed by atoms with Crippen LogP contribution in [0.5, 0.6) is 0 Å². The Morgan fingerprint density at radius 1 is 1.32 bits per heavy atom. The Bertz CT molecular complexity index is 940. The molecule has 0 radical (unpaired) electrons. The second kappa shape index (κ2) is 6.81. The zero-order valence-electron chi connectivity index (χ0n) is 14.2. The number of thiophene rings is 1. The predicted octanol–water partition coefficient (Wildman–Crippen LogP) is 1.77. The lowest BCUT2D eigenvalue weighted by molar-refractivity contribution is 0.569. The number of hydrogen-bond acceptors (Lipinski definition) is 7. The van der Waals surface area contributed by atoms with Crippen LogP contribution in [-0.4, -0.2) is 45.3 Å². The molecule has 1 aliphatic heterocycles. The normalized spacial score (nSPS) is 15.2. The third-order valence-electron chi connectivity index (χ3n) is 4.33. The fraction of sp³-hybridized carbons (Fsp3) is 0.438. The van der Waals surface area contributed by atoms with E-state index in [4.69, 9.17) is 9.97 Å². The van der Waals surface area contributed by atoms with Gasteiger partial charge in [0, 0.05) is 39.8 Å². The Morgan fingerprint density at radius 3 is 2.80 bits per heavy atom. The summed E-state index contributed by atoms with van der Waals surface area (Å²) in [6.45, 7) is 6.38. The van der Waals surface area contributed by atoms with E-state index in [-0.39, 0.29) is 5.56 Å². The molecule has 1 saturated heterocycles. The molecular formula is C16H20N6OS2. The molecule has 132 valence electrons. The van der Waals surface area contributed by atoms with Crippen molar-refractivity contribution in [2.75, 3.05) is 31.1 Å². The van der Waals surface area contributed by atoms with Crippen LogP contribution in [0.4, 0.5) is 5.95 Å². The molecule has 0 saturated carbocycles. The van der Waals surface area contributed by atoms with E-state index in [0.29, 0.717) is 22.9 Å². The van der Waals surface area contributed by atoms with Gasteiger partial charge in [0.2, 0.25) is 5.95 Å². The number of aromatic nitrogens is 4. The van der Waals surface area contributed by atoms with Crippen molar-refractivity contribution in [3.05, 3.63) is 27.9 Å². The number of aryl methyl sites for hydroxylation is 1. The van der Waals surface area contributed by atoms with Crippen molar-refractivity contribution < 1.29 is 0 Å². The van der Waals surface area contributed by atoms with Crippen molar-refractivity contribution in [3.63, 3.8) is 0 Å². The summed E-state index contributed by atoms with van der Waals surface area (Å²) < 4.78 is 4.73. The third-order valence-corrected chi connectivity index (χ3v) is 6.41. The first-order valence-corrected chi connectivity index (χ1v) is 10.0. The van der Waals surface area contributed by atoms with E-state index >= 15 is 0 Å². The van der Waals surface area contributed by atoms with Crippen LogP contribution >= 0.6 is 23.1 Å². The number of nitrogens with one attached hydrogen (secondary N) is 1. The lowest BCUT2D eigenvalue weighted by Crippen LogP contribution is -2.44. The fourth-order valence-corrected chi connectivity index (χ4v) is 4.75. The molecule has 0 spiro atoms. The standard InChI is InChI=1S/C16H20N6OS2/c1-3-22-12-13(18-15(22)21-8-6-17-7-9-21)19-16(20(2)14(12)23)25-11-5-4-10-24-11/h4-5,10,17H,3,6-9H2,1-2H3. The van der Waals surface area contributed by atoms with Crippen molar-refractivity contribution in [2.45, 2.75) is 22.8 Å². The quantitative estimate of drug-likeness (QED) is 0.700. The van der Waals surface area contributed by atoms with Crippen LogP contribution in [0.2, 0.25) is 0 Å². The van der Waals surface area contributed by atoms with Gasteiger partial charge in [0.25, 0.3) is 5.56 Å². The van der Waals surface area contributed by atoms with E-state index in [2.05, 4.69) is 10.2 Å². The maximum Gasteiger partial charge on any atom is 0.280 e. The van der Waals surface area contributed by atoms with E-state index in [1.54, 1.807) is 23.0 Å². The summed E-state index contributed by atoms with van der Waals surface area (Å²) in [4.78, 5) is 24.6. The summed E-state index contributed by atoms with van der Waals surface area (Å²) in [6.07, 6.45) is 0. The van der Waals surface area contributed by atoms with Crippen molar-refractivity contribution >= 4 is 40.2 Å². The summed E-state index contributed by atoms with van der Waals surface area (Å²) in [5, 5.41) is 6.04. The lowest BCUT2D eigenvalue weighted by atomic mass is 10.4. The molecule has 4 heterocycles. The highest BCUT2D eigenvalue weighted by Gasteiger charge is 2.22. The Kier molecular flexibility index (Phi) is 4.53. The maximum absolute atomic E-state index is 13.0. The molecule has 0 aromatic carbocycles. The first-order chi connectivity index (χ1) is 12.2. The lowest BCUT2D eigenvalue weighted by Gasteiger charge is -2.28. The van der Waals surface area contributed by atoms with Crippen LogP contribution in [0.25, 0.3) is 11.2 Å². The highest BCUT2D eigenvalue weighted by molar-refractivity contribution is 8.01. The van der Waals surface area contributed by atoms with Crippen LogP contribution in [0, 0.1) is 0 Å². The molecule has 3 aromatic rings. The molecule has 0 aliphatic carbocycles. The van der Waals surface area contributed by atoms with Gasteiger partial charge in [-0.05, 0) is 30.1 Å². The monoisotopic (exact) mass is 376 g/mol. The van der Waals surface area contributed by atoms with Crippen LogP contribution in [-0.2, 0) is 13.6 Å². The molecule has 3 aromatic heterocycles. The van der Waals surface area contributed by atoms with Gasteiger partial charge in [-0.1, -0.05) is 6.07 Å². The number of piperazine rings is 1. The van der Waals surface area contributed by atoms with Crippen molar-refractivity contribution in [1.29, 1.82) is 0 Å². The van der Waals surface area contributed by atoms with E-state index in [1.807, 2.05) is 29.0 Å². The van der Waals surface area contributed by atoms with Crippen LogP contribution < -0.4 is 15.8 Å². The number of hydrogen-bond donors (Lipinski definition) is 1. The average molecular weight is 377 g/mol. The van der Waals surface area contributed by atoms with Crippen LogP contribution in [0.3, 0.4) is 0 Å². The SMILES string of the molecule is CCn1c(N2CCNCC2)nc2nc(Sc3cccs3)n(C)c(=O)c21. The fourth-order valence-electron chi connectivity index (χ4n) is 3.04. The van der Waals surface area contributed by atoms with Gasteiger partial charge in [-0.25, -0.2) is 4.98 Å². The summed E-state index contributed by atoms with van der Waals surface area (Å²) >= 11 is 3.15. The highest BCUT2D eigenvalue weighted by Crippen LogP contribution is 2.30. The Balaban J connectivity index is 1.84. The van der Waals surface area contributed by atoms with Gasteiger partial charge < -0.3 is 14.8 Å². The first-order valence-electron chi connectivity index (χ1n) is 8.33. The van der Waals surface area contributed by atoms with Gasteiger partial charge in [-0.15, -0.1) is 11.3 Å². The van der Waals surface area contributed by atoms with Gasteiger partial charge in [-0.2, -0.15) is 4.98 Å². The first kappa shape index (κ1) is 16.6. The molecule has 7 nitrogen and oxygen atoms in total. The van der Waals surface area contributed by atoms with Crippen LogP contribution in [0.15, 0.2) is 31.7 Å². The second-order valence-corrected chi connectivity index (χ2v) is 8.07. The molecular weight excluding hydrogens is 356 g/mol. The van der Waals surface area contributed by atoms with Gasteiger partial charge in [-0.3, -0.25) is 9.36 Å². The molecule has 0 unspecified atom stereocenters. The maximum atomic E-state index is 13.0. The second-order valence-electron chi connectivity index (χ2n) is 5.86. The molecule has 1 aliphatic rings. The van der Waals surface area contributed by atoms with Gasteiger partial charge in [0.15, 0.2) is 16.3 Å². The number of rotatable bonds is 4. The molecule has 25 heavy (non-hydrogen) atoms. The highest BCUT2D eigenvalue weighted by atomic mass is 32.2. The van der Waals surface area contributed by atoms with Gasteiger partial charge >= 0.3 is 0 Å². The summed E-state index contributed by atoms with van der Waals surface area (Å²) in [5.41, 5.74) is 1.09. The zero-order chi connectivity index (χ0) is 17.4. The van der Waals surface area contributed by atoms with Crippen LogP contribution in [0.1, 0.15) is 6.92 Å². The Labute approximate surface area is 153 Å². The number of nitrogens with zero attached hydrogens (tertiary/aromatic N) is 5. The van der Waals surface area contributed by atoms with E-state index in [9.17, 15) is 4.79 Å². The van der Waals surface area contributed by atoms with E-state index < -0.39 is 0 Å². The van der Waals surface area contributed by atoms with Gasteiger partial charge in [0.1, 0.15) is 0 Å². The average Bonchev–Trinajstić information content (AvgIpc) is 3.27. The van der Waals surface area contributed by atoms with E-state index in [1.165, 1.54) is 11.8 Å². The number of imidazole rings is 1. The summed E-state index contributed by atoms with van der Waals surface area (Å²) in [6, 6.07) is 4.03. The molecule has 0 amide bonds. The van der Waals surface area contributed by atoms with Gasteiger partial charge in [0.05, 0.1) is 4.21 Å². The molecule has 0 atom stereocenters. The summed E-state index contributed by atoms with van der Waals surface area (Å²) in [7, 11) is 1.78. The predicted molar refractivity (Wildman–Crippen MR) is 102 cm³/mol. The molecule has 4 rings (SSSR count). The zero-order valence-corrected chi connectivity index (χ0v) is 15.9.